The molecule has 0 aliphatic rings. The summed E-state index contributed by atoms with van der Waals surface area (Å²) in [6.45, 7) is 1.99. The van der Waals surface area contributed by atoms with Crippen LogP contribution in [0.2, 0.25) is 0 Å². The molecule has 0 saturated carbocycles. The second-order valence-corrected chi connectivity index (χ2v) is 4.37. The predicted molar refractivity (Wildman–Crippen MR) is 64.2 cm³/mol. The highest BCUT2D eigenvalue weighted by Crippen LogP contribution is 2.18. The largest absolute Gasteiger partial charge is 0.480 e. The number of aliphatic carboxylic acids is 1. The van der Waals surface area contributed by atoms with Crippen LogP contribution in [0.1, 0.15) is 31.7 Å². The molecule has 0 spiro atoms. The van der Waals surface area contributed by atoms with Crippen LogP contribution in [-0.2, 0) is 11.2 Å². The minimum Gasteiger partial charge on any atom is -0.480 e. The molecule has 1 unspecified atom stereocenters. The van der Waals surface area contributed by atoms with Gasteiger partial charge in [-0.15, -0.1) is 0 Å². The summed E-state index contributed by atoms with van der Waals surface area (Å²) in [5.41, 5.74) is 5.39. The number of halogens is 1. The van der Waals surface area contributed by atoms with Gasteiger partial charge in [-0.2, -0.15) is 0 Å². The van der Waals surface area contributed by atoms with Crippen LogP contribution >= 0.6 is 0 Å². The first kappa shape index (κ1) is 13.6. The van der Waals surface area contributed by atoms with Gasteiger partial charge < -0.3 is 10.8 Å². The van der Waals surface area contributed by atoms with Crippen molar-refractivity contribution in [2.75, 3.05) is 0 Å². The minimum atomic E-state index is -1.26. The Kier molecular flexibility index (Phi) is 4.63. The van der Waals surface area contributed by atoms with Crippen LogP contribution in [-0.4, -0.2) is 16.6 Å². The van der Waals surface area contributed by atoms with E-state index in [4.69, 9.17) is 5.73 Å². The highest BCUT2D eigenvalue weighted by atomic mass is 19.1. The van der Waals surface area contributed by atoms with Gasteiger partial charge in [0.05, 0.1) is 0 Å². The van der Waals surface area contributed by atoms with Crippen molar-refractivity contribution in [3.8, 4) is 0 Å². The molecule has 1 aromatic rings. The number of carbonyl (C=O) groups is 1. The number of benzene rings is 1. The zero-order valence-electron chi connectivity index (χ0n) is 9.95. The van der Waals surface area contributed by atoms with Gasteiger partial charge in [-0.3, -0.25) is 4.79 Å². The molecule has 0 amide bonds. The van der Waals surface area contributed by atoms with E-state index in [9.17, 15) is 14.3 Å². The lowest BCUT2D eigenvalue weighted by Gasteiger charge is -2.24. The maximum absolute atomic E-state index is 12.7. The van der Waals surface area contributed by atoms with E-state index < -0.39 is 11.5 Å². The third kappa shape index (κ3) is 3.82. The number of unbranched alkanes of at least 4 members (excludes halogenated alkanes) is 1. The van der Waals surface area contributed by atoms with E-state index in [0.29, 0.717) is 6.42 Å². The molecule has 4 heteroatoms. The average molecular weight is 239 g/mol. The Balaban J connectivity index is 2.79. The first-order valence-electron chi connectivity index (χ1n) is 5.74. The van der Waals surface area contributed by atoms with Crippen molar-refractivity contribution in [2.45, 2.75) is 38.1 Å². The van der Waals surface area contributed by atoms with Crippen molar-refractivity contribution in [3.05, 3.63) is 35.6 Å². The van der Waals surface area contributed by atoms with Crippen LogP contribution < -0.4 is 5.73 Å². The molecule has 1 rings (SSSR count). The van der Waals surface area contributed by atoms with E-state index >= 15 is 0 Å². The zero-order valence-corrected chi connectivity index (χ0v) is 9.95. The maximum Gasteiger partial charge on any atom is 0.324 e. The van der Waals surface area contributed by atoms with E-state index in [0.717, 1.165) is 18.4 Å². The van der Waals surface area contributed by atoms with Gasteiger partial charge in [0.15, 0.2) is 0 Å². The molecule has 0 aromatic heterocycles. The Hall–Kier alpha value is -1.42. The lowest BCUT2D eigenvalue weighted by Crippen LogP contribution is -2.49. The fraction of sp³-hybridized carbons (Fsp3) is 0.462. The minimum absolute atomic E-state index is 0.225. The van der Waals surface area contributed by atoms with E-state index in [1.54, 1.807) is 12.1 Å². The van der Waals surface area contributed by atoms with Crippen molar-refractivity contribution in [1.29, 1.82) is 0 Å². The second-order valence-electron chi connectivity index (χ2n) is 4.37. The van der Waals surface area contributed by atoms with Crippen LogP contribution in [0.3, 0.4) is 0 Å². The quantitative estimate of drug-likeness (QED) is 0.800. The Morgan fingerprint density at radius 3 is 2.47 bits per heavy atom. The number of hydrogen-bond donors (Lipinski definition) is 2. The summed E-state index contributed by atoms with van der Waals surface area (Å²) < 4.78 is 12.7. The lowest BCUT2D eigenvalue weighted by atomic mass is 9.87. The van der Waals surface area contributed by atoms with Crippen molar-refractivity contribution >= 4 is 5.97 Å². The van der Waals surface area contributed by atoms with E-state index in [1.807, 2.05) is 6.92 Å². The molecular weight excluding hydrogens is 221 g/mol. The van der Waals surface area contributed by atoms with Crippen LogP contribution in [0.15, 0.2) is 24.3 Å². The number of hydrogen-bond acceptors (Lipinski definition) is 2. The van der Waals surface area contributed by atoms with Gasteiger partial charge in [-0.05, 0) is 24.1 Å². The van der Waals surface area contributed by atoms with Gasteiger partial charge in [0.1, 0.15) is 11.4 Å². The summed E-state index contributed by atoms with van der Waals surface area (Å²) in [4.78, 5) is 11.2. The summed E-state index contributed by atoms with van der Waals surface area (Å²) in [5, 5.41) is 9.18. The molecule has 94 valence electrons. The summed E-state index contributed by atoms with van der Waals surface area (Å²) in [6.07, 6.45) is 2.32. The molecule has 3 N–H and O–H groups in total. The molecule has 0 saturated heterocycles. The summed E-state index contributed by atoms with van der Waals surface area (Å²) in [6, 6.07) is 5.78. The van der Waals surface area contributed by atoms with Gasteiger partial charge in [0.2, 0.25) is 0 Å². The standard InChI is InChI=1S/C13H18FNO2/c1-2-3-8-13(15,12(16)17)9-10-4-6-11(14)7-5-10/h4-7H,2-3,8-9,15H2,1H3,(H,16,17). The number of carboxylic acids is 1. The third-order valence-electron chi connectivity index (χ3n) is 2.84. The highest BCUT2D eigenvalue weighted by Gasteiger charge is 2.33. The SMILES string of the molecule is CCCCC(N)(Cc1ccc(F)cc1)C(=O)O. The Morgan fingerprint density at radius 2 is 2.00 bits per heavy atom. The summed E-state index contributed by atoms with van der Waals surface area (Å²) in [7, 11) is 0. The van der Waals surface area contributed by atoms with Crippen LogP contribution in [0, 0.1) is 5.82 Å². The topological polar surface area (TPSA) is 63.3 Å². The maximum atomic E-state index is 12.7. The van der Waals surface area contributed by atoms with Gasteiger partial charge in [0.25, 0.3) is 0 Å². The van der Waals surface area contributed by atoms with Crippen LogP contribution in [0.25, 0.3) is 0 Å². The van der Waals surface area contributed by atoms with Gasteiger partial charge in [-0.1, -0.05) is 31.9 Å². The Morgan fingerprint density at radius 1 is 1.41 bits per heavy atom. The third-order valence-corrected chi connectivity index (χ3v) is 2.84. The first-order valence-corrected chi connectivity index (χ1v) is 5.74. The van der Waals surface area contributed by atoms with E-state index in [1.165, 1.54) is 12.1 Å². The molecule has 0 fully saturated rings. The van der Waals surface area contributed by atoms with Crippen molar-refractivity contribution in [1.82, 2.24) is 0 Å². The Bertz CT molecular complexity index is 378. The molecule has 0 aliphatic carbocycles. The fourth-order valence-corrected chi connectivity index (χ4v) is 1.73. The number of rotatable bonds is 6. The number of carboxylic acid groups (broad SMARTS) is 1. The van der Waals surface area contributed by atoms with E-state index in [-0.39, 0.29) is 12.2 Å². The summed E-state index contributed by atoms with van der Waals surface area (Å²) in [5.74, 6) is -1.34. The van der Waals surface area contributed by atoms with Crippen molar-refractivity contribution in [2.24, 2.45) is 5.73 Å². The molecule has 3 nitrogen and oxygen atoms in total. The lowest BCUT2D eigenvalue weighted by molar-refractivity contribution is -0.143. The Labute approximate surface area is 100 Å². The van der Waals surface area contributed by atoms with Gasteiger partial charge in [-0.25, -0.2) is 4.39 Å². The first-order chi connectivity index (χ1) is 7.98. The van der Waals surface area contributed by atoms with Crippen molar-refractivity contribution < 1.29 is 14.3 Å². The fourth-order valence-electron chi connectivity index (χ4n) is 1.73. The number of nitrogens with two attached hydrogens (primary N) is 1. The predicted octanol–water partition coefficient (Wildman–Crippen LogP) is 2.34. The van der Waals surface area contributed by atoms with Gasteiger partial charge >= 0.3 is 5.97 Å². The molecule has 0 heterocycles. The molecule has 0 radical (unpaired) electrons. The second kappa shape index (κ2) is 5.77. The van der Waals surface area contributed by atoms with Crippen molar-refractivity contribution in [3.63, 3.8) is 0 Å². The molecule has 1 atom stereocenters. The smallest absolute Gasteiger partial charge is 0.324 e. The zero-order chi connectivity index (χ0) is 12.9. The molecule has 0 bridgehead atoms. The highest BCUT2D eigenvalue weighted by molar-refractivity contribution is 5.78. The van der Waals surface area contributed by atoms with E-state index in [2.05, 4.69) is 0 Å². The molecule has 17 heavy (non-hydrogen) atoms. The monoisotopic (exact) mass is 239 g/mol. The molecule has 0 aliphatic heterocycles. The molecule has 1 aromatic carbocycles. The van der Waals surface area contributed by atoms with Gasteiger partial charge in [0, 0.05) is 6.42 Å². The molecular formula is C13H18FNO2. The normalized spacial score (nSPS) is 14.3. The van der Waals surface area contributed by atoms with Crippen LogP contribution in [0.5, 0.6) is 0 Å². The average Bonchev–Trinajstić information content (AvgIpc) is 2.29. The van der Waals surface area contributed by atoms with Crippen LogP contribution in [0.4, 0.5) is 4.39 Å². The summed E-state index contributed by atoms with van der Waals surface area (Å²) >= 11 is 0.